The molecular formula is C16H17ClO. The molecule has 0 bridgehead atoms. The van der Waals surface area contributed by atoms with Crippen molar-refractivity contribution in [3.05, 3.63) is 65.2 Å². The van der Waals surface area contributed by atoms with E-state index in [-0.39, 0.29) is 5.38 Å². The maximum Gasteiger partial charge on any atom is 0.119 e. The predicted molar refractivity (Wildman–Crippen MR) is 76.5 cm³/mol. The molecular weight excluding hydrogens is 244 g/mol. The molecule has 0 radical (unpaired) electrons. The zero-order chi connectivity index (χ0) is 13.0. The molecule has 2 aromatic rings. The van der Waals surface area contributed by atoms with Gasteiger partial charge in [-0.3, -0.25) is 0 Å². The molecule has 94 valence electrons. The van der Waals surface area contributed by atoms with Gasteiger partial charge in [0.15, 0.2) is 0 Å². The highest BCUT2D eigenvalue weighted by Crippen LogP contribution is 2.29. The summed E-state index contributed by atoms with van der Waals surface area (Å²) in [7, 11) is 1.68. The molecule has 2 heteroatoms. The number of hydrogen-bond acceptors (Lipinski definition) is 1. The first-order valence-electron chi connectivity index (χ1n) is 6.03. The van der Waals surface area contributed by atoms with Crippen molar-refractivity contribution in [3.8, 4) is 5.75 Å². The lowest BCUT2D eigenvalue weighted by Gasteiger charge is -2.14. The molecule has 18 heavy (non-hydrogen) atoms. The van der Waals surface area contributed by atoms with Gasteiger partial charge in [-0.05, 0) is 42.2 Å². The summed E-state index contributed by atoms with van der Waals surface area (Å²) in [5.74, 6) is 0.875. The van der Waals surface area contributed by atoms with E-state index in [0.29, 0.717) is 0 Å². The van der Waals surface area contributed by atoms with Gasteiger partial charge in [-0.1, -0.05) is 36.4 Å². The van der Waals surface area contributed by atoms with Crippen molar-refractivity contribution in [2.75, 3.05) is 7.11 Å². The van der Waals surface area contributed by atoms with Gasteiger partial charge >= 0.3 is 0 Å². The normalized spacial score (nSPS) is 12.2. The molecule has 1 unspecified atom stereocenters. The molecule has 0 saturated carbocycles. The fourth-order valence-electron chi connectivity index (χ4n) is 2.06. The van der Waals surface area contributed by atoms with E-state index in [1.54, 1.807) is 7.11 Å². The Kier molecular flexibility index (Phi) is 4.27. The van der Waals surface area contributed by atoms with Crippen LogP contribution in [0, 0.1) is 6.92 Å². The van der Waals surface area contributed by atoms with Crippen molar-refractivity contribution in [2.24, 2.45) is 0 Å². The highest BCUT2D eigenvalue weighted by molar-refractivity contribution is 6.21. The van der Waals surface area contributed by atoms with Crippen LogP contribution in [0.3, 0.4) is 0 Å². The third-order valence-electron chi connectivity index (χ3n) is 3.07. The number of alkyl halides is 1. The number of aryl methyl sites for hydroxylation is 1. The number of hydrogen-bond donors (Lipinski definition) is 0. The second-order valence-corrected chi connectivity index (χ2v) is 4.91. The quantitative estimate of drug-likeness (QED) is 0.734. The maximum absolute atomic E-state index is 6.50. The third-order valence-corrected chi connectivity index (χ3v) is 3.46. The Morgan fingerprint density at radius 3 is 2.44 bits per heavy atom. The van der Waals surface area contributed by atoms with Crippen LogP contribution in [0.5, 0.6) is 5.75 Å². The van der Waals surface area contributed by atoms with Gasteiger partial charge in [0.1, 0.15) is 5.75 Å². The van der Waals surface area contributed by atoms with Gasteiger partial charge in [0.05, 0.1) is 12.5 Å². The minimum Gasteiger partial charge on any atom is -0.497 e. The van der Waals surface area contributed by atoms with E-state index in [1.807, 2.05) is 30.3 Å². The lowest BCUT2D eigenvalue weighted by molar-refractivity contribution is 0.414. The number of benzene rings is 2. The Hall–Kier alpha value is -1.47. The second kappa shape index (κ2) is 5.92. The van der Waals surface area contributed by atoms with Gasteiger partial charge in [-0.25, -0.2) is 0 Å². The molecule has 2 rings (SSSR count). The van der Waals surface area contributed by atoms with Crippen LogP contribution in [-0.2, 0) is 6.42 Å². The van der Waals surface area contributed by atoms with Crippen LogP contribution in [0.15, 0.2) is 48.5 Å². The van der Waals surface area contributed by atoms with E-state index in [2.05, 4.69) is 25.1 Å². The summed E-state index contributed by atoms with van der Waals surface area (Å²) in [6.07, 6.45) is 0.843. The summed E-state index contributed by atoms with van der Waals surface area (Å²) in [5, 5.41) is -0.00157. The van der Waals surface area contributed by atoms with Gasteiger partial charge in [-0.15, -0.1) is 11.6 Å². The van der Waals surface area contributed by atoms with Gasteiger partial charge in [0, 0.05) is 0 Å². The predicted octanol–water partition coefficient (Wildman–Crippen LogP) is 4.53. The van der Waals surface area contributed by atoms with Crippen LogP contribution in [0.25, 0.3) is 0 Å². The van der Waals surface area contributed by atoms with Crippen LogP contribution in [-0.4, -0.2) is 7.11 Å². The van der Waals surface area contributed by atoms with E-state index in [0.717, 1.165) is 12.2 Å². The Balaban J connectivity index is 2.16. The van der Waals surface area contributed by atoms with E-state index in [9.17, 15) is 0 Å². The molecule has 0 aliphatic rings. The van der Waals surface area contributed by atoms with E-state index >= 15 is 0 Å². The standard InChI is InChI=1S/C16H17ClO/c1-12-10-14(18-2)8-9-15(12)16(17)11-13-6-4-3-5-7-13/h3-10,16H,11H2,1-2H3. The molecule has 1 nitrogen and oxygen atoms in total. The molecule has 0 N–H and O–H groups in total. The summed E-state index contributed by atoms with van der Waals surface area (Å²) in [6, 6.07) is 16.3. The van der Waals surface area contributed by atoms with Crippen LogP contribution in [0.2, 0.25) is 0 Å². The summed E-state index contributed by atoms with van der Waals surface area (Å²) >= 11 is 6.50. The first-order valence-corrected chi connectivity index (χ1v) is 6.47. The lowest BCUT2D eigenvalue weighted by Crippen LogP contribution is -1.99. The van der Waals surface area contributed by atoms with Gasteiger partial charge in [0.25, 0.3) is 0 Å². The molecule has 1 atom stereocenters. The molecule has 0 heterocycles. The Morgan fingerprint density at radius 1 is 1.11 bits per heavy atom. The summed E-state index contributed by atoms with van der Waals surface area (Å²) in [5.41, 5.74) is 3.60. The number of methoxy groups -OCH3 is 1. The van der Waals surface area contributed by atoms with E-state index in [1.165, 1.54) is 16.7 Å². The van der Waals surface area contributed by atoms with Crippen molar-refractivity contribution in [1.82, 2.24) is 0 Å². The summed E-state index contributed by atoms with van der Waals surface area (Å²) in [4.78, 5) is 0. The zero-order valence-electron chi connectivity index (χ0n) is 10.7. The Morgan fingerprint density at radius 2 is 1.83 bits per heavy atom. The maximum atomic E-state index is 6.50. The average molecular weight is 261 g/mol. The molecule has 0 aromatic heterocycles. The molecule has 0 spiro atoms. The van der Waals surface area contributed by atoms with Gasteiger partial charge in [0.2, 0.25) is 0 Å². The molecule has 0 fully saturated rings. The zero-order valence-corrected chi connectivity index (χ0v) is 11.4. The van der Waals surface area contributed by atoms with Crippen LogP contribution >= 0.6 is 11.6 Å². The SMILES string of the molecule is COc1ccc(C(Cl)Cc2ccccc2)c(C)c1. The first-order chi connectivity index (χ1) is 8.70. The van der Waals surface area contributed by atoms with Crippen molar-refractivity contribution < 1.29 is 4.74 Å². The first kappa shape index (κ1) is 13.0. The average Bonchev–Trinajstić information content (AvgIpc) is 2.39. The monoisotopic (exact) mass is 260 g/mol. The lowest BCUT2D eigenvalue weighted by atomic mass is 10.00. The summed E-state index contributed by atoms with van der Waals surface area (Å²) < 4.78 is 5.20. The van der Waals surface area contributed by atoms with E-state index in [4.69, 9.17) is 16.3 Å². The van der Waals surface area contributed by atoms with Crippen molar-refractivity contribution in [2.45, 2.75) is 18.7 Å². The van der Waals surface area contributed by atoms with Gasteiger partial charge < -0.3 is 4.74 Å². The molecule has 0 amide bonds. The Bertz CT molecular complexity index is 508. The minimum absolute atomic E-state index is 0.00157. The molecule has 0 saturated heterocycles. The largest absolute Gasteiger partial charge is 0.497 e. The highest BCUT2D eigenvalue weighted by Gasteiger charge is 2.12. The fourth-order valence-corrected chi connectivity index (χ4v) is 2.48. The minimum atomic E-state index is -0.00157. The molecule has 0 aliphatic carbocycles. The molecule has 0 aliphatic heterocycles. The van der Waals surface area contributed by atoms with Crippen LogP contribution in [0.1, 0.15) is 22.1 Å². The Labute approximate surface area is 113 Å². The van der Waals surface area contributed by atoms with Crippen molar-refractivity contribution in [3.63, 3.8) is 0 Å². The van der Waals surface area contributed by atoms with E-state index < -0.39 is 0 Å². The number of ether oxygens (including phenoxy) is 1. The van der Waals surface area contributed by atoms with Crippen LogP contribution in [0.4, 0.5) is 0 Å². The van der Waals surface area contributed by atoms with Crippen LogP contribution < -0.4 is 4.74 Å². The second-order valence-electron chi connectivity index (χ2n) is 4.38. The molecule has 2 aromatic carbocycles. The van der Waals surface area contributed by atoms with Gasteiger partial charge in [-0.2, -0.15) is 0 Å². The van der Waals surface area contributed by atoms with Crippen molar-refractivity contribution >= 4 is 11.6 Å². The third kappa shape index (κ3) is 3.05. The smallest absolute Gasteiger partial charge is 0.119 e. The topological polar surface area (TPSA) is 9.23 Å². The number of halogens is 1. The highest BCUT2D eigenvalue weighted by atomic mass is 35.5. The summed E-state index contributed by atoms with van der Waals surface area (Å²) in [6.45, 7) is 2.07. The van der Waals surface area contributed by atoms with Crippen molar-refractivity contribution in [1.29, 1.82) is 0 Å². The number of rotatable bonds is 4. The fraction of sp³-hybridized carbons (Fsp3) is 0.250.